The monoisotopic (exact) mass is 182 g/mol. The van der Waals surface area contributed by atoms with Gasteiger partial charge in [0.05, 0.1) is 12.7 Å². The van der Waals surface area contributed by atoms with Crippen molar-refractivity contribution < 1.29 is 14.9 Å². The van der Waals surface area contributed by atoms with Crippen molar-refractivity contribution in [1.82, 2.24) is 0 Å². The van der Waals surface area contributed by atoms with Crippen LogP contribution in [0.4, 0.5) is 0 Å². The van der Waals surface area contributed by atoms with Gasteiger partial charge in [-0.05, 0) is 19.9 Å². The van der Waals surface area contributed by atoms with E-state index in [4.69, 9.17) is 4.74 Å². The standard InChI is InChI=1S/C10H14O3/c1-3-13-9-6-4-5-8(7(2)11)10(9)12/h4-7,11-12H,3H2,1-2H3/t7-/m0/s1. The number of hydrogen-bond donors (Lipinski definition) is 2. The highest BCUT2D eigenvalue weighted by Crippen LogP contribution is 2.33. The first kappa shape index (κ1) is 9.86. The van der Waals surface area contributed by atoms with Crippen LogP contribution in [0.3, 0.4) is 0 Å². The third kappa shape index (κ3) is 2.12. The molecule has 0 heterocycles. The summed E-state index contributed by atoms with van der Waals surface area (Å²) in [4.78, 5) is 0. The Bertz CT molecular complexity index is 281. The van der Waals surface area contributed by atoms with Crippen LogP contribution in [0.25, 0.3) is 0 Å². The molecule has 0 radical (unpaired) electrons. The lowest BCUT2D eigenvalue weighted by atomic mass is 10.1. The fraction of sp³-hybridized carbons (Fsp3) is 0.400. The van der Waals surface area contributed by atoms with Crippen molar-refractivity contribution in [3.05, 3.63) is 23.8 Å². The van der Waals surface area contributed by atoms with E-state index in [-0.39, 0.29) is 5.75 Å². The number of aliphatic hydroxyl groups excluding tert-OH is 1. The molecule has 1 rings (SSSR count). The molecule has 2 N–H and O–H groups in total. The molecule has 0 aliphatic rings. The fourth-order valence-corrected chi connectivity index (χ4v) is 1.15. The Kier molecular flexibility index (Phi) is 3.14. The number of para-hydroxylation sites is 1. The van der Waals surface area contributed by atoms with Gasteiger partial charge in [0.2, 0.25) is 0 Å². The van der Waals surface area contributed by atoms with Crippen molar-refractivity contribution in [3.8, 4) is 11.5 Å². The number of aromatic hydroxyl groups is 1. The van der Waals surface area contributed by atoms with E-state index >= 15 is 0 Å². The van der Waals surface area contributed by atoms with E-state index in [1.165, 1.54) is 0 Å². The molecule has 3 heteroatoms. The summed E-state index contributed by atoms with van der Waals surface area (Å²) in [5.74, 6) is 0.445. The van der Waals surface area contributed by atoms with Crippen LogP contribution >= 0.6 is 0 Å². The fourth-order valence-electron chi connectivity index (χ4n) is 1.15. The number of phenols is 1. The Morgan fingerprint density at radius 3 is 2.69 bits per heavy atom. The molecule has 72 valence electrons. The highest BCUT2D eigenvalue weighted by Gasteiger charge is 2.11. The largest absolute Gasteiger partial charge is 0.504 e. The maximum absolute atomic E-state index is 9.61. The number of aliphatic hydroxyl groups is 1. The Morgan fingerprint density at radius 2 is 2.15 bits per heavy atom. The molecule has 0 amide bonds. The van der Waals surface area contributed by atoms with Crippen LogP contribution < -0.4 is 4.74 Å². The van der Waals surface area contributed by atoms with Gasteiger partial charge in [-0.25, -0.2) is 0 Å². The number of benzene rings is 1. The van der Waals surface area contributed by atoms with Crippen LogP contribution in [0.5, 0.6) is 11.5 Å². The second kappa shape index (κ2) is 4.14. The van der Waals surface area contributed by atoms with Crippen molar-refractivity contribution >= 4 is 0 Å². The van der Waals surface area contributed by atoms with E-state index < -0.39 is 6.10 Å². The zero-order chi connectivity index (χ0) is 9.84. The van der Waals surface area contributed by atoms with Gasteiger partial charge in [-0.2, -0.15) is 0 Å². The zero-order valence-electron chi connectivity index (χ0n) is 7.82. The summed E-state index contributed by atoms with van der Waals surface area (Å²) in [6.07, 6.45) is -0.680. The van der Waals surface area contributed by atoms with Crippen LogP contribution in [-0.4, -0.2) is 16.8 Å². The number of hydrogen-bond acceptors (Lipinski definition) is 3. The minimum Gasteiger partial charge on any atom is -0.504 e. The van der Waals surface area contributed by atoms with E-state index in [0.29, 0.717) is 17.9 Å². The van der Waals surface area contributed by atoms with Crippen molar-refractivity contribution in [1.29, 1.82) is 0 Å². The van der Waals surface area contributed by atoms with Gasteiger partial charge in [-0.3, -0.25) is 0 Å². The second-order valence-corrected chi connectivity index (χ2v) is 2.80. The average Bonchev–Trinajstić information content (AvgIpc) is 2.08. The minimum atomic E-state index is -0.680. The molecule has 0 fully saturated rings. The number of rotatable bonds is 3. The van der Waals surface area contributed by atoms with Gasteiger partial charge in [0, 0.05) is 5.56 Å². The summed E-state index contributed by atoms with van der Waals surface area (Å²) in [6, 6.07) is 5.08. The highest BCUT2D eigenvalue weighted by molar-refractivity contribution is 5.46. The molecular weight excluding hydrogens is 168 g/mol. The third-order valence-electron chi connectivity index (χ3n) is 1.78. The maximum atomic E-state index is 9.61. The van der Waals surface area contributed by atoms with Crippen LogP contribution in [-0.2, 0) is 0 Å². The topological polar surface area (TPSA) is 49.7 Å². The molecule has 0 aliphatic heterocycles. The first-order valence-corrected chi connectivity index (χ1v) is 4.29. The summed E-state index contributed by atoms with van der Waals surface area (Å²) >= 11 is 0. The highest BCUT2D eigenvalue weighted by atomic mass is 16.5. The first-order valence-electron chi connectivity index (χ1n) is 4.29. The Morgan fingerprint density at radius 1 is 1.46 bits per heavy atom. The smallest absolute Gasteiger partial charge is 0.163 e. The van der Waals surface area contributed by atoms with Gasteiger partial charge in [0.1, 0.15) is 0 Å². The Labute approximate surface area is 77.6 Å². The van der Waals surface area contributed by atoms with E-state index in [1.807, 2.05) is 6.92 Å². The zero-order valence-corrected chi connectivity index (χ0v) is 7.82. The molecule has 1 aromatic carbocycles. The molecule has 0 saturated carbocycles. The van der Waals surface area contributed by atoms with Gasteiger partial charge in [0.15, 0.2) is 11.5 Å². The van der Waals surface area contributed by atoms with Gasteiger partial charge in [-0.15, -0.1) is 0 Å². The summed E-state index contributed by atoms with van der Waals surface area (Å²) in [7, 11) is 0. The molecule has 0 bridgehead atoms. The van der Waals surface area contributed by atoms with E-state index in [9.17, 15) is 10.2 Å². The van der Waals surface area contributed by atoms with Gasteiger partial charge in [0.25, 0.3) is 0 Å². The Hall–Kier alpha value is -1.22. The molecule has 1 atom stereocenters. The van der Waals surface area contributed by atoms with Crippen molar-refractivity contribution in [2.45, 2.75) is 20.0 Å². The minimum absolute atomic E-state index is 0.0272. The SMILES string of the molecule is CCOc1cccc([C@H](C)O)c1O. The normalized spacial score (nSPS) is 12.5. The van der Waals surface area contributed by atoms with Crippen LogP contribution in [0.2, 0.25) is 0 Å². The molecule has 3 nitrogen and oxygen atoms in total. The number of phenolic OH excluding ortho intramolecular Hbond substituents is 1. The molecular formula is C10H14O3. The Balaban J connectivity index is 3.03. The van der Waals surface area contributed by atoms with Crippen LogP contribution in [0.15, 0.2) is 18.2 Å². The lowest BCUT2D eigenvalue weighted by Gasteiger charge is -2.11. The molecule has 0 aliphatic carbocycles. The van der Waals surface area contributed by atoms with Gasteiger partial charge in [-0.1, -0.05) is 12.1 Å². The summed E-state index contributed by atoms with van der Waals surface area (Å²) in [5, 5.41) is 18.9. The maximum Gasteiger partial charge on any atom is 0.163 e. The lowest BCUT2D eigenvalue weighted by molar-refractivity contribution is 0.193. The molecule has 0 spiro atoms. The van der Waals surface area contributed by atoms with E-state index in [2.05, 4.69) is 0 Å². The van der Waals surface area contributed by atoms with E-state index in [1.54, 1.807) is 25.1 Å². The molecule has 0 unspecified atom stereocenters. The molecule has 13 heavy (non-hydrogen) atoms. The summed E-state index contributed by atoms with van der Waals surface area (Å²) in [5.41, 5.74) is 0.492. The van der Waals surface area contributed by atoms with Gasteiger partial charge < -0.3 is 14.9 Å². The third-order valence-corrected chi connectivity index (χ3v) is 1.78. The first-order chi connectivity index (χ1) is 6.16. The quantitative estimate of drug-likeness (QED) is 0.750. The lowest BCUT2D eigenvalue weighted by Crippen LogP contribution is -1.96. The van der Waals surface area contributed by atoms with Gasteiger partial charge >= 0.3 is 0 Å². The predicted molar refractivity (Wildman–Crippen MR) is 49.9 cm³/mol. The molecule has 1 aromatic rings. The van der Waals surface area contributed by atoms with E-state index in [0.717, 1.165) is 0 Å². The van der Waals surface area contributed by atoms with Crippen molar-refractivity contribution in [2.24, 2.45) is 0 Å². The number of ether oxygens (including phenoxy) is 1. The summed E-state index contributed by atoms with van der Waals surface area (Å²) in [6.45, 7) is 3.94. The molecule has 0 saturated heterocycles. The predicted octanol–water partition coefficient (Wildman–Crippen LogP) is 1.84. The molecule has 0 aromatic heterocycles. The van der Waals surface area contributed by atoms with Crippen LogP contribution in [0, 0.1) is 0 Å². The summed E-state index contributed by atoms with van der Waals surface area (Å²) < 4.78 is 5.17. The average molecular weight is 182 g/mol. The van der Waals surface area contributed by atoms with Crippen LogP contribution in [0.1, 0.15) is 25.5 Å². The second-order valence-electron chi connectivity index (χ2n) is 2.80. The van der Waals surface area contributed by atoms with Crippen molar-refractivity contribution in [2.75, 3.05) is 6.61 Å². The van der Waals surface area contributed by atoms with Crippen molar-refractivity contribution in [3.63, 3.8) is 0 Å².